The third-order valence-corrected chi connectivity index (χ3v) is 7.73. The van der Waals surface area contributed by atoms with Crippen molar-refractivity contribution in [1.29, 1.82) is 0 Å². The maximum atomic E-state index is 12.7. The zero-order valence-corrected chi connectivity index (χ0v) is 18.4. The van der Waals surface area contributed by atoms with Gasteiger partial charge < -0.3 is 20.5 Å². The summed E-state index contributed by atoms with van der Waals surface area (Å²) in [5.74, 6) is -0.879. The highest BCUT2D eigenvalue weighted by Crippen LogP contribution is 2.35. The van der Waals surface area contributed by atoms with Crippen molar-refractivity contribution in [1.82, 2.24) is 4.98 Å². The van der Waals surface area contributed by atoms with Crippen LogP contribution in [0.25, 0.3) is 0 Å². The van der Waals surface area contributed by atoms with Crippen LogP contribution in [0.2, 0.25) is 0 Å². The lowest BCUT2D eigenvalue weighted by molar-refractivity contribution is 0.102. The summed E-state index contributed by atoms with van der Waals surface area (Å²) in [5.41, 5.74) is 0.594. The van der Waals surface area contributed by atoms with Crippen molar-refractivity contribution in [3.05, 3.63) is 65.9 Å². The first-order valence-electron chi connectivity index (χ1n) is 10.7. The molecule has 0 bridgehead atoms. The summed E-state index contributed by atoms with van der Waals surface area (Å²) in [6.07, 6.45) is 6.25. The minimum atomic E-state index is -3.66. The Morgan fingerprint density at radius 1 is 0.938 bits per heavy atom. The van der Waals surface area contributed by atoms with Crippen LogP contribution >= 0.6 is 0 Å². The van der Waals surface area contributed by atoms with Crippen molar-refractivity contribution < 1.29 is 23.4 Å². The summed E-state index contributed by atoms with van der Waals surface area (Å²) in [6.45, 7) is 0. The number of amides is 1. The van der Waals surface area contributed by atoms with Crippen LogP contribution in [-0.2, 0) is 16.3 Å². The molecule has 168 valence electrons. The van der Waals surface area contributed by atoms with Crippen LogP contribution in [-0.4, -0.2) is 29.5 Å². The number of benzene rings is 2. The van der Waals surface area contributed by atoms with Crippen molar-refractivity contribution in [2.45, 2.75) is 48.3 Å². The van der Waals surface area contributed by atoms with Crippen molar-refractivity contribution in [2.24, 2.45) is 5.92 Å². The summed E-state index contributed by atoms with van der Waals surface area (Å²) < 4.78 is 25.4. The first-order chi connectivity index (χ1) is 15.4. The molecule has 1 heterocycles. The first-order valence-corrected chi connectivity index (χ1v) is 12.2. The van der Waals surface area contributed by atoms with E-state index < -0.39 is 15.7 Å². The maximum Gasteiger partial charge on any atom is 0.264 e. The maximum absolute atomic E-state index is 12.7. The van der Waals surface area contributed by atoms with Gasteiger partial charge in [0.1, 0.15) is 5.56 Å². The fraction of sp³-hybridized carbons (Fsp3) is 0.292. The van der Waals surface area contributed by atoms with Gasteiger partial charge in [0.25, 0.3) is 5.91 Å². The third-order valence-electron chi connectivity index (χ3n) is 5.95. The lowest BCUT2D eigenvalue weighted by Crippen LogP contribution is -2.12. The van der Waals surface area contributed by atoms with E-state index in [4.69, 9.17) is 0 Å². The van der Waals surface area contributed by atoms with E-state index in [0.29, 0.717) is 23.7 Å². The van der Waals surface area contributed by atoms with Gasteiger partial charge in [-0.25, -0.2) is 8.42 Å². The Kier molecular flexibility index (Phi) is 6.23. The topological polar surface area (TPSA) is 119 Å². The van der Waals surface area contributed by atoms with Gasteiger partial charge in [-0.15, -0.1) is 0 Å². The number of H-pyrrole nitrogens is 1. The summed E-state index contributed by atoms with van der Waals surface area (Å²) in [6, 6.07) is 13.8. The van der Waals surface area contributed by atoms with Gasteiger partial charge in [-0.3, -0.25) is 4.79 Å². The average molecular weight is 455 g/mol. The largest absolute Gasteiger partial charge is 0.505 e. The summed E-state index contributed by atoms with van der Waals surface area (Å²) in [7, 11) is -3.66. The Morgan fingerprint density at radius 3 is 2.22 bits per heavy atom. The number of hydrogen-bond donors (Lipinski definition) is 4. The number of sulfone groups is 1. The molecule has 1 fully saturated rings. The molecule has 0 spiro atoms. The fourth-order valence-corrected chi connectivity index (χ4v) is 5.50. The fourth-order valence-electron chi connectivity index (χ4n) is 4.22. The number of carbonyl (C=O) groups excluding carboxylic acids is 1. The van der Waals surface area contributed by atoms with Crippen LogP contribution in [0.5, 0.6) is 11.6 Å². The predicted octanol–water partition coefficient (Wildman–Crippen LogP) is 4.63. The predicted molar refractivity (Wildman–Crippen MR) is 121 cm³/mol. The zero-order valence-electron chi connectivity index (χ0n) is 17.5. The van der Waals surface area contributed by atoms with Crippen LogP contribution in [0.4, 0.5) is 5.69 Å². The summed E-state index contributed by atoms with van der Waals surface area (Å²) in [4.78, 5) is 15.7. The molecule has 2 aromatic carbocycles. The van der Waals surface area contributed by atoms with Gasteiger partial charge in [0.05, 0.1) is 15.5 Å². The molecule has 4 N–H and O–H groups in total. The Labute approximate surface area is 187 Å². The van der Waals surface area contributed by atoms with Gasteiger partial charge in [-0.2, -0.15) is 0 Å². The van der Waals surface area contributed by atoms with Crippen molar-refractivity contribution >= 4 is 21.4 Å². The van der Waals surface area contributed by atoms with Gasteiger partial charge in [0, 0.05) is 5.69 Å². The Hall–Kier alpha value is -3.26. The number of aromatic amines is 1. The van der Waals surface area contributed by atoms with Gasteiger partial charge in [0.2, 0.25) is 15.7 Å². The number of carbonyl (C=O) groups is 1. The van der Waals surface area contributed by atoms with Crippen molar-refractivity contribution in [3.63, 3.8) is 0 Å². The molecule has 8 heteroatoms. The van der Waals surface area contributed by atoms with E-state index in [1.54, 1.807) is 18.2 Å². The van der Waals surface area contributed by atoms with E-state index in [9.17, 15) is 23.4 Å². The van der Waals surface area contributed by atoms with Crippen molar-refractivity contribution in [2.75, 3.05) is 5.32 Å². The van der Waals surface area contributed by atoms with Crippen molar-refractivity contribution in [3.8, 4) is 11.6 Å². The number of nitrogens with one attached hydrogen (secondary N) is 2. The van der Waals surface area contributed by atoms with Gasteiger partial charge in [-0.05, 0) is 48.7 Å². The molecular weight excluding hydrogens is 428 g/mol. The molecule has 0 radical (unpaired) electrons. The number of aromatic hydroxyl groups is 2. The molecule has 0 unspecified atom stereocenters. The molecule has 1 saturated carbocycles. The molecule has 1 amide bonds. The minimum absolute atomic E-state index is 0.101. The van der Waals surface area contributed by atoms with Crippen LogP contribution in [0.1, 0.15) is 48.2 Å². The molecule has 1 aliphatic carbocycles. The molecule has 0 saturated heterocycles. The molecule has 1 aromatic heterocycles. The molecular formula is C24H26N2O5S. The lowest BCUT2D eigenvalue weighted by atomic mass is 9.86. The number of aromatic nitrogens is 1. The smallest absolute Gasteiger partial charge is 0.264 e. The molecule has 3 aromatic rings. The van der Waals surface area contributed by atoms with Crippen LogP contribution in [0.15, 0.2) is 64.4 Å². The number of hydrogen-bond acceptors (Lipinski definition) is 5. The highest BCUT2D eigenvalue weighted by molar-refractivity contribution is 7.91. The molecule has 7 nitrogen and oxygen atoms in total. The Balaban J connectivity index is 1.48. The van der Waals surface area contributed by atoms with Crippen LogP contribution in [0.3, 0.4) is 0 Å². The summed E-state index contributed by atoms with van der Waals surface area (Å²) >= 11 is 0. The molecule has 32 heavy (non-hydrogen) atoms. The normalized spacial score (nSPS) is 14.9. The third kappa shape index (κ3) is 4.50. The van der Waals surface area contributed by atoms with E-state index in [0.717, 1.165) is 25.7 Å². The minimum Gasteiger partial charge on any atom is -0.505 e. The van der Waals surface area contributed by atoms with Crippen LogP contribution in [0, 0.1) is 5.92 Å². The van der Waals surface area contributed by atoms with E-state index >= 15 is 0 Å². The van der Waals surface area contributed by atoms with Crippen LogP contribution < -0.4 is 5.32 Å². The van der Waals surface area contributed by atoms with E-state index in [1.807, 2.05) is 0 Å². The molecule has 0 aliphatic heterocycles. The number of rotatable bonds is 6. The van der Waals surface area contributed by atoms with E-state index in [2.05, 4.69) is 10.3 Å². The number of anilines is 1. The SMILES string of the molecule is O=C(Nc1ccc(S(=O)(=O)c2ccccc2)cc1)c1c(O)[nH]c(CC2CCCCC2)c1O. The van der Waals surface area contributed by atoms with Gasteiger partial charge in [0.15, 0.2) is 5.75 Å². The van der Waals surface area contributed by atoms with E-state index in [-0.39, 0.29) is 27.0 Å². The Morgan fingerprint density at radius 2 is 1.56 bits per heavy atom. The monoisotopic (exact) mass is 454 g/mol. The second kappa shape index (κ2) is 9.08. The highest BCUT2D eigenvalue weighted by Gasteiger charge is 2.26. The van der Waals surface area contributed by atoms with E-state index in [1.165, 1.54) is 42.8 Å². The molecule has 1 aliphatic rings. The molecule has 4 rings (SSSR count). The lowest BCUT2D eigenvalue weighted by Gasteiger charge is -2.20. The standard InChI is InChI=1S/C24H26N2O5S/c27-22-20(15-16-7-3-1-4-8-16)26-24(29)21(22)23(28)25-17-11-13-19(14-12-17)32(30,31)18-9-5-2-6-10-18/h2,5-6,9-14,16,26-27,29H,1,3-4,7-8,15H2,(H,25,28). The first kappa shape index (κ1) is 22.0. The Bertz CT molecular complexity index is 1200. The van der Waals surface area contributed by atoms with Gasteiger partial charge in [-0.1, -0.05) is 50.3 Å². The second-order valence-electron chi connectivity index (χ2n) is 8.18. The zero-order chi connectivity index (χ0) is 22.7. The second-order valence-corrected chi connectivity index (χ2v) is 10.1. The van der Waals surface area contributed by atoms with Gasteiger partial charge >= 0.3 is 0 Å². The molecule has 0 atom stereocenters. The summed E-state index contributed by atoms with van der Waals surface area (Å²) in [5, 5.41) is 23.3. The highest BCUT2D eigenvalue weighted by atomic mass is 32.2. The average Bonchev–Trinajstić information content (AvgIpc) is 3.08. The quantitative estimate of drug-likeness (QED) is 0.433.